The average Bonchev–Trinajstić information content (AvgIpc) is 2.27. The topological polar surface area (TPSA) is 42.2 Å². The van der Waals surface area contributed by atoms with Crippen molar-refractivity contribution in [3.8, 4) is 17.6 Å². The van der Waals surface area contributed by atoms with Crippen LogP contribution in [0.25, 0.3) is 0 Å². The molecule has 0 unspecified atom stereocenters. The Morgan fingerprint density at radius 1 is 1.13 bits per heavy atom. The van der Waals surface area contributed by atoms with Crippen LogP contribution in [0, 0.1) is 11.3 Å². The lowest BCUT2D eigenvalue weighted by molar-refractivity contribution is 0.375. The van der Waals surface area contributed by atoms with Gasteiger partial charge in [-0.05, 0) is 26.0 Å². The standard InChI is InChI=1S/C12H15NO2/c1-12(2,8-13)11-9(14-3)6-5-7-10(11)15-4/h5-7H,1-4H3. The highest BCUT2D eigenvalue weighted by Crippen LogP contribution is 2.38. The van der Waals surface area contributed by atoms with E-state index in [2.05, 4.69) is 6.07 Å². The minimum absolute atomic E-state index is 0.627. The summed E-state index contributed by atoms with van der Waals surface area (Å²) in [5, 5.41) is 9.13. The fourth-order valence-electron chi connectivity index (χ4n) is 1.52. The predicted molar refractivity (Wildman–Crippen MR) is 58.2 cm³/mol. The number of nitriles is 1. The molecular weight excluding hydrogens is 190 g/mol. The number of methoxy groups -OCH3 is 2. The molecule has 1 rings (SSSR count). The van der Waals surface area contributed by atoms with Crippen molar-refractivity contribution in [1.29, 1.82) is 5.26 Å². The van der Waals surface area contributed by atoms with E-state index >= 15 is 0 Å². The van der Waals surface area contributed by atoms with E-state index in [1.807, 2.05) is 32.0 Å². The van der Waals surface area contributed by atoms with E-state index in [4.69, 9.17) is 14.7 Å². The SMILES string of the molecule is COc1cccc(OC)c1C(C)(C)C#N. The summed E-state index contributed by atoms with van der Waals surface area (Å²) < 4.78 is 10.5. The molecule has 0 atom stereocenters. The van der Waals surface area contributed by atoms with Gasteiger partial charge in [-0.1, -0.05) is 6.07 Å². The number of rotatable bonds is 3. The lowest BCUT2D eigenvalue weighted by Crippen LogP contribution is -2.16. The van der Waals surface area contributed by atoms with Crippen molar-refractivity contribution in [3.05, 3.63) is 23.8 Å². The van der Waals surface area contributed by atoms with E-state index in [1.54, 1.807) is 14.2 Å². The molecule has 0 aliphatic rings. The second-order valence-electron chi connectivity index (χ2n) is 3.77. The van der Waals surface area contributed by atoms with E-state index in [9.17, 15) is 0 Å². The van der Waals surface area contributed by atoms with E-state index in [-0.39, 0.29) is 0 Å². The molecule has 80 valence electrons. The summed E-state index contributed by atoms with van der Waals surface area (Å²) in [5.74, 6) is 1.36. The molecule has 0 heterocycles. The maximum atomic E-state index is 9.13. The van der Waals surface area contributed by atoms with Crippen molar-refractivity contribution in [1.82, 2.24) is 0 Å². The molecule has 1 aromatic rings. The molecule has 0 saturated carbocycles. The molecule has 0 fully saturated rings. The Hall–Kier alpha value is -1.69. The van der Waals surface area contributed by atoms with Gasteiger partial charge in [-0.25, -0.2) is 0 Å². The fourth-order valence-corrected chi connectivity index (χ4v) is 1.52. The van der Waals surface area contributed by atoms with Crippen LogP contribution >= 0.6 is 0 Å². The van der Waals surface area contributed by atoms with Crippen LogP contribution in [0.1, 0.15) is 19.4 Å². The lowest BCUT2D eigenvalue weighted by atomic mass is 9.85. The van der Waals surface area contributed by atoms with Gasteiger partial charge in [0.1, 0.15) is 11.5 Å². The van der Waals surface area contributed by atoms with Gasteiger partial charge in [-0.15, -0.1) is 0 Å². The summed E-state index contributed by atoms with van der Waals surface area (Å²) in [5.41, 5.74) is 0.162. The van der Waals surface area contributed by atoms with Crippen molar-refractivity contribution >= 4 is 0 Å². The van der Waals surface area contributed by atoms with Crippen LogP contribution in [-0.2, 0) is 5.41 Å². The molecule has 0 amide bonds. The molecule has 3 nitrogen and oxygen atoms in total. The third-order valence-electron chi connectivity index (χ3n) is 2.33. The van der Waals surface area contributed by atoms with E-state index < -0.39 is 5.41 Å². The molecule has 0 aliphatic heterocycles. The summed E-state index contributed by atoms with van der Waals surface area (Å²) in [6.07, 6.45) is 0. The van der Waals surface area contributed by atoms with Gasteiger partial charge in [-0.2, -0.15) is 5.26 Å². The molecule has 0 aliphatic carbocycles. The first-order valence-electron chi connectivity index (χ1n) is 4.69. The maximum absolute atomic E-state index is 9.13. The van der Waals surface area contributed by atoms with Crippen molar-refractivity contribution < 1.29 is 9.47 Å². The normalized spacial score (nSPS) is 10.6. The van der Waals surface area contributed by atoms with Gasteiger partial charge < -0.3 is 9.47 Å². The number of benzene rings is 1. The largest absolute Gasteiger partial charge is 0.496 e. The van der Waals surface area contributed by atoms with Crippen LogP contribution in [0.4, 0.5) is 0 Å². The first-order chi connectivity index (χ1) is 7.06. The maximum Gasteiger partial charge on any atom is 0.127 e. The van der Waals surface area contributed by atoms with Crippen LogP contribution in [-0.4, -0.2) is 14.2 Å². The van der Waals surface area contributed by atoms with E-state index in [1.165, 1.54) is 0 Å². The molecule has 0 aromatic heterocycles. The summed E-state index contributed by atoms with van der Waals surface area (Å²) in [6, 6.07) is 7.75. The summed E-state index contributed by atoms with van der Waals surface area (Å²) in [6.45, 7) is 3.68. The minimum atomic E-state index is -0.627. The molecular formula is C12H15NO2. The van der Waals surface area contributed by atoms with E-state index in [0.29, 0.717) is 11.5 Å². The molecule has 0 spiro atoms. The highest BCUT2D eigenvalue weighted by atomic mass is 16.5. The average molecular weight is 205 g/mol. The molecule has 0 N–H and O–H groups in total. The Labute approximate surface area is 90.2 Å². The third kappa shape index (κ3) is 2.04. The Balaban J connectivity index is 3.43. The fraction of sp³-hybridized carbons (Fsp3) is 0.417. The van der Waals surface area contributed by atoms with Crippen LogP contribution in [0.2, 0.25) is 0 Å². The highest BCUT2D eigenvalue weighted by molar-refractivity contribution is 5.51. The zero-order chi connectivity index (χ0) is 11.5. The van der Waals surface area contributed by atoms with Gasteiger partial charge in [-0.3, -0.25) is 0 Å². The highest BCUT2D eigenvalue weighted by Gasteiger charge is 2.27. The number of ether oxygens (including phenoxy) is 2. The van der Waals surface area contributed by atoms with E-state index in [0.717, 1.165) is 5.56 Å². The van der Waals surface area contributed by atoms with Gasteiger partial charge in [0.05, 0.1) is 31.3 Å². The van der Waals surface area contributed by atoms with Crippen LogP contribution in [0.5, 0.6) is 11.5 Å². The molecule has 0 saturated heterocycles. The van der Waals surface area contributed by atoms with Gasteiger partial charge in [0, 0.05) is 0 Å². The van der Waals surface area contributed by atoms with Crippen molar-refractivity contribution in [2.75, 3.05) is 14.2 Å². The monoisotopic (exact) mass is 205 g/mol. The smallest absolute Gasteiger partial charge is 0.127 e. The van der Waals surface area contributed by atoms with Crippen molar-refractivity contribution in [3.63, 3.8) is 0 Å². The summed E-state index contributed by atoms with van der Waals surface area (Å²) >= 11 is 0. The van der Waals surface area contributed by atoms with Crippen LogP contribution in [0.3, 0.4) is 0 Å². The predicted octanol–water partition coefficient (Wildman–Crippen LogP) is 2.50. The number of hydrogen-bond donors (Lipinski definition) is 0. The summed E-state index contributed by atoms with van der Waals surface area (Å²) in [4.78, 5) is 0. The number of nitrogens with zero attached hydrogens (tertiary/aromatic N) is 1. The molecule has 15 heavy (non-hydrogen) atoms. The second-order valence-corrected chi connectivity index (χ2v) is 3.77. The third-order valence-corrected chi connectivity index (χ3v) is 2.33. The van der Waals surface area contributed by atoms with Gasteiger partial charge in [0.15, 0.2) is 0 Å². The zero-order valence-corrected chi connectivity index (χ0v) is 9.50. The Morgan fingerprint density at radius 2 is 1.60 bits per heavy atom. The zero-order valence-electron chi connectivity index (χ0n) is 9.50. The molecule has 3 heteroatoms. The van der Waals surface area contributed by atoms with Crippen LogP contribution in [0.15, 0.2) is 18.2 Å². The number of hydrogen-bond acceptors (Lipinski definition) is 3. The molecule has 0 radical (unpaired) electrons. The van der Waals surface area contributed by atoms with Gasteiger partial charge >= 0.3 is 0 Å². The summed E-state index contributed by atoms with van der Waals surface area (Å²) in [7, 11) is 3.18. The first-order valence-corrected chi connectivity index (χ1v) is 4.69. The minimum Gasteiger partial charge on any atom is -0.496 e. The van der Waals surface area contributed by atoms with Crippen molar-refractivity contribution in [2.45, 2.75) is 19.3 Å². The quantitative estimate of drug-likeness (QED) is 0.761. The van der Waals surface area contributed by atoms with Gasteiger partial charge in [0.2, 0.25) is 0 Å². The van der Waals surface area contributed by atoms with Crippen molar-refractivity contribution in [2.24, 2.45) is 0 Å². The Morgan fingerprint density at radius 3 is 1.93 bits per heavy atom. The lowest BCUT2D eigenvalue weighted by Gasteiger charge is -2.21. The Kier molecular flexibility index (Phi) is 3.21. The van der Waals surface area contributed by atoms with Gasteiger partial charge in [0.25, 0.3) is 0 Å². The molecule has 1 aromatic carbocycles. The Bertz CT molecular complexity index is 369. The first kappa shape index (κ1) is 11.4. The molecule has 0 bridgehead atoms. The van der Waals surface area contributed by atoms with Crippen LogP contribution < -0.4 is 9.47 Å². The second kappa shape index (κ2) is 4.22.